The molecular formula is C23H36Cl2N2O5. The van der Waals surface area contributed by atoms with Crippen LogP contribution in [-0.2, 0) is 14.3 Å². The number of esters is 1. The Morgan fingerprint density at radius 3 is 1.94 bits per heavy atom. The van der Waals surface area contributed by atoms with Crippen molar-refractivity contribution in [3.63, 3.8) is 0 Å². The van der Waals surface area contributed by atoms with E-state index < -0.39 is 29.3 Å². The third-order valence-electron chi connectivity index (χ3n) is 3.92. The summed E-state index contributed by atoms with van der Waals surface area (Å²) in [6.07, 6.45) is -0.670. The fraction of sp³-hybridized carbons (Fsp3) is 0.652. The van der Waals surface area contributed by atoms with Crippen molar-refractivity contribution in [2.45, 2.75) is 65.2 Å². The number of alkyl halides is 2. The first-order valence-corrected chi connectivity index (χ1v) is 11.7. The molecule has 1 unspecified atom stereocenters. The highest BCUT2D eigenvalue weighted by atomic mass is 35.5. The molecule has 0 spiro atoms. The Hall–Kier alpha value is -1.86. The number of carbonyl (C=O) groups is 2. The largest absolute Gasteiger partial charge is 0.491 e. The third-order valence-corrected chi connectivity index (χ3v) is 4.25. The number of nitrogens with zero attached hydrogens (tertiary/aromatic N) is 1. The molecule has 1 atom stereocenters. The van der Waals surface area contributed by atoms with E-state index in [0.29, 0.717) is 30.6 Å². The average Bonchev–Trinajstić information content (AvgIpc) is 2.63. The molecule has 0 aliphatic rings. The van der Waals surface area contributed by atoms with Gasteiger partial charge in [0.25, 0.3) is 0 Å². The van der Waals surface area contributed by atoms with Crippen molar-refractivity contribution in [3.05, 3.63) is 24.3 Å². The molecule has 0 saturated heterocycles. The van der Waals surface area contributed by atoms with Crippen LogP contribution < -0.4 is 15.0 Å². The van der Waals surface area contributed by atoms with Crippen molar-refractivity contribution in [2.24, 2.45) is 0 Å². The molecular weight excluding hydrogens is 455 g/mol. The molecule has 182 valence electrons. The molecule has 1 aromatic rings. The monoisotopic (exact) mass is 490 g/mol. The minimum absolute atomic E-state index is 0.0478. The number of nitrogens with one attached hydrogen (secondary N) is 1. The number of alkyl carbamates (subject to hydrolysis) is 1. The SMILES string of the molecule is CC(C)(C)OC(=O)CC(COc1ccc(N(CCCl)CCCl)cc1)NC(=O)OC(C)(C)C. The Bertz CT molecular complexity index is 679. The van der Waals surface area contributed by atoms with E-state index in [9.17, 15) is 9.59 Å². The summed E-state index contributed by atoms with van der Waals surface area (Å²) in [5.74, 6) is 1.16. The van der Waals surface area contributed by atoms with E-state index in [1.807, 2.05) is 24.3 Å². The molecule has 0 fully saturated rings. The number of halogens is 2. The zero-order valence-electron chi connectivity index (χ0n) is 19.9. The zero-order valence-corrected chi connectivity index (χ0v) is 21.4. The average molecular weight is 491 g/mol. The predicted molar refractivity (Wildman–Crippen MR) is 129 cm³/mol. The van der Waals surface area contributed by atoms with Crippen molar-refractivity contribution < 1.29 is 23.8 Å². The third kappa shape index (κ3) is 12.2. The van der Waals surface area contributed by atoms with Crippen molar-refractivity contribution in [2.75, 3.05) is 36.4 Å². The van der Waals surface area contributed by atoms with Crippen LogP contribution in [0, 0.1) is 0 Å². The van der Waals surface area contributed by atoms with Crippen molar-refractivity contribution in [3.8, 4) is 5.75 Å². The summed E-state index contributed by atoms with van der Waals surface area (Å²) in [6, 6.07) is 6.85. The Balaban J connectivity index is 2.81. The van der Waals surface area contributed by atoms with Gasteiger partial charge in [-0.3, -0.25) is 4.79 Å². The first-order valence-electron chi connectivity index (χ1n) is 10.6. The summed E-state index contributed by atoms with van der Waals surface area (Å²) < 4.78 is 16.5. The summed E-state index contributed by atoms with van der Waals surface area (Å²) in [7, 11) is 0. The standard InChI is InChI=1S/C23H36Cl2N2O5/c1-22(2,3)31-20(28)15-17(26-21(29)32-23(4,5)6)16-30-19-9-7-18(8-10-19)27(13-11-24)14-12-25/h7-10,17H,11-16H2,1-6H3,(H,26,29). The van der Waals surface area contributed by atoms with Gasteiger partial charge in [0.2, 0.25) is 0 Å². The van der Waals surface area contributed by atoms with Gasteiger partial charge in [-0.25, -0.2) is 4.79 Å². The van der Waals surface area contributed by atoms with Crippen molar-refractivity contribution >= 4 is 41.0 Å². The molecule has 0 aliphatic heterocycles. The Morgan fingerprint density at radius 2 is 1.47 bits per heavy atom. The normalized spacial score (nSPS) is 12.6. The van der Waals surface area contributed by atoms with Gasteiger partial charge in [-0.1, -0.05) is 0 Å². The van der Waals surface area contributed by atoms with Crippen LogP contribution in [0.3, 0.4) is 0 Å². The van der Waals surface area contributed by atoms with Gasteiger partial charge in [0.1, 0.15) is 23.6 Å². The fourth-order valence-corrected chi connectivity index (χ4v) is 3.14. The fourth-order valence-electron chi connectivity index (χ4n) is 2.73. The minimum atomic E-state index is -0.658. The van der Waals surface area contributed by atoms with E-state index in [-0.39, 0.29) is 13.0 Å². The van der Waals surface area contributed by atoms with Gasteiger partial charge in [-0.2, -0.15) is 0 Å². The Kier molecular flexibility index (Phi) is 11.4. The Morgan fingerprint density at radius 1 is 0.938 bits per heavy atom. The van der Waals surface area contributed by atoms with E-state index in [4.69, 9.17) is 37.4 Å². The van der Waals surface area contributed by atoms with Crippen LogP contribution in [0.25, 0.3) is 0 Å². The molecule has 1 rings (SSSR count). The van der Waals surface area contributed by atoms with Crippen LogP contribution in [-0.4, -0.2) is 60.8 Å². The maximum atomic E-state index is 12.3. The molecule has 0 heterocycles. The van der Waals surface area contributed by atoms with Crippen LogP contribution in [0.15, 0.2) is 24.3 Å². The number of rotatable bonds is 11. The van der Waals surface area contributed by atoms with Crippen LogP contribution in [0.2, 0.25) is 0 Å². The summed E-state index contributed by atoms with van der Waals surface area (Å²) in [4.78, 5) is 26.6. The number of carbonyl (C=O) groups excluding carboxylic acids is 2. The summed E-state index contributed by atoms with van der Waals surface area (Å²) in [5.41, 5.74) is -0.298. The molecule has 9 heteroatoms. The van der Waals surface area contributed by atoms with Gasteiger partial charge in [0.05, 0.1) is 12.5 Å². The van der Waals surface area contributed by atoms with Crippen molar-refractivity contribution in [1.82, 2.24) is 5.32 Å². The summed E-state index contributed by atoms with van der Waals surface area (Å²) in [5, 5.41) is 2.70. The molecule has 1 amide bonds. The molecule has 0 aliphatic carbocycles. The summed E-state index contributed by atoms with van der Waals surface area (Å²) in [6.45, 7) is 12.1. The van der Waals surface area contributed by atoms with Gasteiger partial charge in [0, 0.05) is 30.5 Å². The highest BCUT2D eigenvalue weighted by Crippen LogP contribution is 2.20. The molecule has 32 heavy (non-hydrogen) atoms. The van der Waals surface area contributed by atoms with E-state index in [1.165, 1.54) is 0 Å². The van der Waals surface area contributed by atoms with Gasteiger partial charge in [-0.15, -0.1) is 23.2 Å². The van der Waals surface area contributed by atoms with Gasteiger partial charge in [0.15, 0.2) is 0 Å². The smallest absolute Gasteiger partial charge is 0.408 e. The van der Waals surface area contributed by atoms with Crippen LogP contribution in [0.4, 0.5) is 10.5 Å². The van der Waals surface area contributed by atoms with E-state index in [2.05, 4.69) is 10.2 Å². The molecule has 0 bridgehead atoms. The topological polar surface area (TPSA) is 77.1 Å². The first kappa shape index (κ1) is 28.2. The predicted octanol–water partition coefficient (Wildman–Crippen LogP) is 4.97. The molecule has 7 nitrogen and oxygen atoms in total. The molecule has 1 N–H and O–H groups in total. The number of ether oxygens (including phenoxy) is 3. The van der Waals surface area contributed by atoms with Gasteiger partial charge >= 0.3 is 12.1 Å². The molecule has 0 aromatic heterocycles. The van der Waals surface area contributed by atoms with E-state index in [0.717, 1.165) is 5.69 Å². The lowest BCUT2D eigenvalue weighted by Crippen LogP contribution is -2.44. The lowest BCUT2D eigenvalue weighted by atomic mass is 10.1. The Labute approximate surface area is 201 Å². The maximum absolute atomic E-state index is 12.3. The second kappa shape index (κ2) is 13.0. The molecule has 0 saturated carbocycles. The second-order valence-electron chi connectivity index (χ2n) is 9.30. The number of benzene rings is 1. The number of hydrogen-bond donors (Lipinski definition) is 1. The van der Waals surface area contributed by atoms with E-state index in [1.54, 1.807) is 41.5 Å². The second-order valence-corrected chi connectivity index (χ2v) is 10.1. The number of amides is 1. The summed E-state index contributed by atoms with van der Waals surface area (Å²) >= 11 is 11.7. The van der Waals surface area contributed by atoms with Crippen molar-refractivity contribution in [1.29, 1.82) is 0 Å². The molecule has 1 aromatic carbocycles. The highest BCUT2D eigenvalue weighted by molar-refractivity contribution is 6.18. The minimum Gasteiger partial charge on any atom is -0.491 e. The molecule has 0 radical (unpaired) electrons. The quantitative estimate of drug-likeness (QED) is 0.348. The zero-order chi connectivity index (χ0) is 24.4. The van der Waals surface area contributed by atoms with Crippen LogP contribution in [0.1, 0.15) is 48.0 Å². The number of hydrogen-bond acceptors (Lipinski definition) is 6. The lowest BCUT2D eigenvalue weighted by molar-refractivity contribution is -0.155. The highest BCUT2D eigenvalue weighted by Gasteiger charge is 2.25. The number of anilines is 1. The van der Waals surface area contributed by atoms with Gasteiger partial charge in [-0.05, 0) is 65.8 Å². The lowest BCUT2D eigenvalue weighted by Gasteiger charge is -2.25. The van der Waals surface area contributed by atoms with Crippen LogP contribution >= 0.6 is 23.2 Å². The first-order chi connectivity index (χ1) is 14.8. The maximum Gasteiger partial charge on any atom is 0.408 e. The van der Waals surface area contributed by atoms with Crippen LogP contribution in [0.5, 0.6) is 5.75 Å². The van der Waals surface area contributed by atoms with Gasteiger partial charge < -0.3 is 24.4 Å². The van der Waals surface area contributed by atoms with E-state index >= 15 is 0 Å².